The van der Waals surface area contributed by atoms with Crippen LogP contribution in [0.15, 0.2) is 42.5 Å². The van der Waals surface area contributed by atoms with Crippen molar-refractivity contribution in [3.05, 3.63) is 47.4 Å². The number of carbonyl (C=O) groups is 2. The molecular formula is C23H28O5S. The molecule has 1 aromatic carbocycles. The number of carbonyl (C=O) groups excluding carboxylic acids is 1. The molecule has 156 valence electrons. The van der Waals surface area contributed by atoms with Crippen molar-refractivity contribution >= 4 is 33.2 Å². The number of aliphatic carboxylic acids is 1. The van der Waals surface area contributed by atoms with Gasteiger partial charge in [-0.25, -0.2) is 0 Å². The van der Waals surface area contributed by atoms with Crippen LogP contribution in [0.1, 0.15) is 55.9 Å². The molecule has 0 saturated heterocycles. The Morgan fingerprint density at radius 3 is 2.83 bits per heavy atom. The summed E-state index contributed by atoms with van der Waals surface area (Å²) in [6, 6.07) is 10.0. The second-order valence-corrected chi connectivity index (χ2v) is 8.90. The number of unbranched alkanes of at least 4 members (excludes halogenated alkanes) is 1. The van der Waals surface area contributed by atoms with Gasteiger partial charge in [0.15, 0.2) is 0 Å². The van der Waals surface area contributed by atoms with Gasteiger partial charge in [0, 0.05) is 28.3 Å². The lowest BCUT2D eigenvalue weighted by atomic mass is 9.86. The number of carboxylic acids is 1. The van der Waals surface area contributed by atoms with Crippen molar-refractivity contribution < 1.29 is 24.9 Å². The summed E-state index contributed by atoms with van der Waals surface area (Å²) in [4.78, 5) is 23.7. The molecule has 3 N–H and O–H groups in total. The summed E-state index contributed by atoms with van der Waals surface area (Å²) in [5.74, 6) is -1.09. The number of allylic oxidation sites excluding steroid dienone is 2. The zero-order valence-electron chi connectivity index (χ0n) is 16.4. The first-order valence-corrected chi connectivity index (χ1v) is 11.0. The van der Waals surface area contributed by atoms with Crippen molar-refractivity contribution in [1.29, 1.82) is 0 Å². The van der Waals surface area contributed by atoms with Gasteiger partial charge in [-0.15, -0.1) is 11.3 Å². The van der Waals surface area contributed by atoms with Gasteiger partial charge in [-0.05, 0) is 55.5 Å². The highest BCUT2D eigenvalue weighted by molar-refractivity contribution is 7.19. The zero-order valence-corrected chi connectivity index (χ0v) is 17.2. The quantitative estimate of drug-likeness (QED) is 0.392. The van der Waals surface area contributed by atoms with Crippen LogP contribution in [-0.4, -0.2) is 33.2 Å². The van der Waals surface area contributed by atoms with Crippen molar-refractivity contribution in [2.24, 2.45) is 11.8 Å². The second kappa shape index (κ2) is 10.1. The molecule has 6 heteroatoms. The third kappa shape index (κ3) is 5.75. The number of hydrogen-bond donors (Lipinski definition) is 3. The van der Waals surface area contributed by atoms with Crippen LogP contribution in [0.3, 0.4) is 0 Å². The van der Waals surface area contributed by atoms with E-state index < -0.39 is 18.2 Å². The van der Waals surface area contributed by atoms with Gasteiger partial charge in [0.2, 0.25) is 0 Å². The predicted octanol–water partition coefficient (Wildman–Crippen LogP) is 4.48. The van der Waals surface area contributed by atoms with Crippen molar-refractivity contribution in [3.63, 3.8) is 0 Å². The van der Waals surface area contributed by atoms with E-state index in [9.17, 15) is 19.8 Å². The highest BCUT2D eigenvalue weighted by Gasteiger charge is 2.40. The van der Waals surface area contributed by atoms with E-state index in [1.807, 2.05) is 42.5 Å². The maximum absolute atomic E-state index is 12.3. The van der Waals surface area contributed by atoms with E-state index >= 15 is 0 Å². The summed E-state index contributed by atoms with van der Waals surface area (Å²) in [6.45, 7) is 0. The van der Waals surface area contributed by atoms with E-state index in [4.69, 9.17) is 5.11 Å². The molecule has 1 aliphatic rings. The molecule has 29 heavy (non-hydrogen) atoms. The Morgan fingerprint density at radius 1 is 1.28 bits per heavy atom. The van der Waals surface area contributed by atoms with Crippen molar-refractivity contribution in [2.45, 2.75) is 57.2 Å². The third-order valence-electron chi connectivity index (χ3n) is 5.70. The molecule has 1 aromatic heterocycles. The van der Waals surface area contributed by atoms with E-state index in [-0.39, 0.29) is 30.5 Å². The fourth-order valence-electron chi connectivity index (χ4n) is 4.11. The Labute approximate surface area is 174 Å². The standard InChI is InChI=1S/C23H28O5S/c24-18(22-13-15-7-5-6-9-21(15)29-22)12-11-17-16(19(25)14-20(17)26)8-3-1-2-4-10-23(27)28/h1,3,5-7,9,13,16-18,20,24,26H,2,4,8,10-12,14H2,(H,27,28)/t16-,17-,18-,20-/m1/s1. The predicted molar refractivity (Wildman–Crippen MR) is 114 cm³/mol. The average Bonchev–Trinajstić information content (AvgIpc) is 3.23. The third-order valence-corrected chi connectivity index (χ3v) is 6.92. The Kier molecular flexibility index (Phi) is 7.58. The number of aliphatic hydroxyl groups excluding tert-OH is 2. The Balaban J connectivity index is 1.53. The van der Waals surface area contributed by atoms with Gasteiger partial charge in [0.25, 0.3) is 0 Å². The summed E-state index contributed by atoms with van der Waals surface area (Å²) < 4.78 is 1.14. The maximum Gasteiger partial charge on any atom is 0.303 e. The monoisotopic (exact) mass is 416 g/mol. The summed E-state index contributed by atoms with van der Waals surface area (Å²) in [6.07, 6.45) is 5.85. The molecule has 1 aliphatic carbocycles. The Morgan fingerprint density at radius 2 is 2.07 bits per heavy atom. The molecule has 4 atom stereocenters. The van der Waals surface area contributed by atoms with E-state index in [2.05, 4.69) is 0 Å². The highest BCUT2D eigenvalue weighted by atomic mass is 32.1. The first-order chi connectivity index (χ1) is 14.0. The molecule has 0 bridgehead atoms. The van der Waals surface area contributed by atoms with Gasteiger partial charge >= 0.3 is 5.97 Å². The lowest BCUT2D eigenvalue weighted by Crippen LogP contribution is -2.21. The maximum atomic E-state index is 12.3. The molecular weight excluding hydrogens is 388 g/mol. The van der Waals surface area contributed by atoms with Gasteiger partial charge in [-0.2, -0.15) is 0 Å². The normalized spacial score (nSPS) is 23.2. The van der Waals surface area contributed by atoms with Gasteiger partial charge in [-0.1, -0.05) is 30.4 Å². The number of aliphatic hydroxyl groups is 2. The van der Waals surface area contributed by atoms with Crippen LogP contribution in [0.5, 0.6) is 0 Å². The topological polar surface area (TPSA) is 94.8 Å². The number of benzene rings is 1. The van der Waals surface area contributed by atoms with E-state index in [0.29, 0.717) is 32.1 Å². The number of thiophene rings is 1. The molecule has 1 fully saturated rings. The Hall–Kier alpha value is -2.02. The first-order valence-electron chi connectivity index (χ1n) is 10.2. The second-order valence-electron chi connectivity index (χ2n) is 7.78. The fraction of sp³-hybridized carbons (Fsp3) is 0.478. The summed E-state index contributed by atoms with van der Waals surface area (Å²) in [5.41, 5.74) is 0. The van der Waals surface area contributed by atoms with Crippen LogP contribution >= 0.6 is 11.3 Å². The lowest BCUT2D eigenvalue weighted by molar-refractivity contribution is -0.137. The van der Waals surface area contributed by atoms with Crippen molar-refractivity contribution in [3.8, 4) is 0 Å². The number of carboxylic acid groups (broad SMARTS) is 1. The molecule has 1 heterocycles. The minimum Gasteiger partial charge on any atom is -0.481 e. The molecule has 0 aliphatic heterocycles. The van der Waals surface area contributed by atoms with Crippen molar-refractivity contribution in [1.82, 2.24) is 0 Å². The SMILES string of the molecule is O=C(O)CCCC=CC[C@H]1C(=O)C[C@@H](O)[C@@H]1CC[C@@H](O)c1cc2ccccc2s1. The molecule has 3 rings (SSSR count). The summed E-state index contributed by atoms with van der Waals surface area (Å²) in [5, 5.41) is 30.7. The molecule has 0 amide bonds. The molecule has 2 aromatic rings. The minimum atomic E-state index is -0.801. The molecule has 0 radical (unpaired) electrons. The summed E-state index contributed by atoms with van der Waals surface area (Å²) in [7, 11) is 0. The number of ketones is 1. The van der Waals surface area contributed by atoms with Gasteiger partial charge in [-0.3, -0.25) is 9.59 Å². The van der Waals surface area contributed by atoms with Crippen LogP contribution in [-0.2, 0) is 9.59 Å². The number of hydrogen-bond acceptors (Lipinski definition) is 5. The summed E-state index contributed by atoms with van der Waals surface area (Å²) >= 11 is 1.58. The average molecular weight is 417 g/mol. The number of rotatable bonds is 10. The van der Waals surface area contributed by atoms with E-state index in [1.54, 1.807) is 11.3 Å². The molecule has 0 spiro atoms. The highest BCUT2D eigenvalue weighted by Crippen LogP contribution is 2.38. The Bertz CT molecular complexity index is 838. The molecule has 0 unspecified atom stereocenters. The number of fused-ring (bicyclic) bond motifs is 1. The van der Waals surface area contributed by atoms with Crippen LogP contribution in [0, 0.1) is 11.8 Å². The molecule has 5 nitrogen and oxygen atoms in total. The van der Waals surface area contributed by atoms with Crippen molar-refractivity contribution in [2.75, 3.05) is 0 Å². The fourth-order valence-corrected chi connectivity index (χ4v) is 5.19. The van der Waals surface area contributed by atoms with E-state index in [0.717, 1.165) is 15.0 Å². The minimum absolute atomic E-state index is 0.0778. The largest absolute Gasteiger partial charge is 0.481 e. The van der Waals surface area contributed by atoms with Gasteiger partial charge < -0.3 is 15.3 Å². The lowest BCUT2D eigenvalue weighted by Gasteiger charge is -2.21. The van der Waals surface area contributed by atoms with Crippen LogP contribution < -0.4 is 0 Å². The first kappa shape index (κ1) is 21.7. The van der Waals surface area contributed by atoms with Crippen LogP contribution in [0.4, 0.5) is 0 Å². The van der Waals surface area contributed by atoms with Gasteiger partial charge in [0.1, 0.15) is 5.78 Å². The van der Waals surface area contributed by atoms with Crippen LogP contribution in [0.25, 0.3) is 10.1 Å². The van der Waals surface area contributed by atoms with Gasteiger partial charge in [0.05, 0.1) is 12.2 Å². The number of Topliss-reactive ketones (excluding diaryl/α,β-unsaturated/α-hetero) is 1. The smallest absolute Gasteiger partial charge is 0.303 e. The zero-order chi connectivity index (χ0) is 20.8. The van der Waals surface area contributed by atoms with Crippen LogP contribution in [0.2, 0.25) is 0 Å². The van der Waals surface area contributed by atoms with E-state index in [1.165, 1.54) is 0 Å². The molecule has 1 saturated carbocycles.